The first-order valence-electron chi connectivity index (χ1n) is 7.35. The van der Waals surface area contributed by atoms with Crippen LogP contribution in [0.15, 0.2) is 41.3 Å². The van der Waals surface area contributed by atoms with Gasteiger partial charge >= 0.3 is 12.1 Å². The van der Waals surface area contributed by atoms with Gasteiger partial charge in [0.25, 0.3) is 5.91 Å². The Hall–Kier alpha value is -2.26. The summed E-state index contributed by atoms with van der Waals surface area (Å²) in [4.78, 5) is 28.2. The van der Waals surface area contributed by atoms with Crippen LogP contribution in [0, 0.1) is 11.8 Å². The summed E-state index contributed by atoms with van der Waals surface area (Å²) in [5, 5.41) is 9.00. The van der Waals surface area contributed by atoms with Crippen molar-refractivity contribution in [3.05, 3.63) is 42.4 Å². The van der Waals surface area contributed by atoms with Crippen molar-refractivity contribution in [3.8, 4) is 11.3 Å². The molecule has 0 aliphatic carbocycles. The molecule has 1 amide bonds. The number of carbonyl (C=O) groups excluding carboxylic acids is 1. The van der Waals surface area contributed by atoms with E-state index < -0.39 is 43.0 Å². The van der Waals surface area contributed by atoms with Crippen LogP contribution < -0.4 is 0 Å². The minimum Gasteiger partial charge on any atom is -0.481 e. The molecule has 0 radical (unpaired) electrons. The lowest BCUT2D eigenvalue weighted by atomic mass is 9.96. The van der Waals surface area contributed by atoms with Gasteiger partial charge in [-0.05, 0) is 12.1 Å². The molecule has 1 aromatic heterocycles. The second-order valence-electron chi connectivity index (χ2n) is 5.75. The van der Waals surface area contributed by atoms with E-state index in [1.54, 1.807) is 12.1 Å². The third-order valence-electron chi connectivity index (χ3n) is 4.19. The molecule has 1 fully saturated rings. The Morgan fingerprint density at radius 2 is 1.78 bits per heavy atom. The molecule has 27 heavy (non-hydrogen) atoms. The number of carbonyl (C=O) groups is 2. The molecule has 11 heteroatoms. The molecule has 0 unspecified atom stereocenters. The highest BCUT2D eigenvalue weighted by Gasteiger charge is 2.53. The highest BCUT2D eigenvalue weighted by molar-refractivity contribution is 5.95. The van der Waals surface area contributed by atoms with Crippen molar-refractivity contribution in [2.75, 3.05) is 13.1 Å². The highest BCUT2D eigenvalue weighted by Crippen LogP contribution is 2.38. The average Bonchev–Trinajstić information content (AvgIpc) is 3.23. The molecule has 1 aromatic carbocycles. The Morgan fingerprint density at radius 1 is 1.15 bits per heavy atom. The van der Waals surface area contributed by atoms with E-state index in [1.807, 2.05) is 0 Å². The van der Waals surface area contributed by atoms with Gasteiger partial charge in [0.1, 0.15) is 0 Å². The summed E-state index contributed by atoms with van der Waals surface area (Å²) in [6.45, 7) is -1.13. The Bertz CT molecular complexity index is 782. The smallest absolute Gasteiger partial charge is 0.394 e. The molecule has 2 atom stereocenters. The molecule has 148 valence electrons. The topological polar surface area (TPSA) is 83.6 Å². The number of nitrogens with zero attached hydrogens (tertiary/aromatic N) is 2. The third-order valence-corrected chi connectivity index (χ3v) is 4.19. The zero-order valence-electron chi connectivity index (χ0n) is 13.5. The lowest BCUT2D eigenvalue weighted by Crippen LogP contribution is -2.34. The molecule has 0 saturated carbocycles. The number of alkyl halides is 3. The number of carboxylic acids is 1. The first kappa shape index (κ1) is 22.8. The SMILES string of the molecule is Cl.Cl.O=C(O)[C@@H]1CN(C(=O)c2ccc(-c3cnco3)cc2)C[C@H]1C(F)(F)F. The lowest BCUT2D eigenvalue weighted by Gasteiger charge is -2.18. The summed E-state index contributed by atoms with van der Waals surface area (Å²) < 4.78 is 44.1. The Kier molecular flexibility index (Phi) is 7.27. The Balaban J connectivity index is 0.00000182. The van der Waals surface area contributed by atoms with Gasteiger partial charge in [-0.2, -0.15) is 13.2 Å². The van der Waals surface area contributed by atoms with E-state index in [2.05, 4.69) is 4.98 Å². The molecular weight excluding hydrogens is 412 g/mol. The molecule has 1 saturated heterocycles. The van der Waals surface area contributed by atoms with Gasteiger partial charge in [-0.25, -0.2) is 4.98 Å². The normalized spacial score (nSPS) is 19.1. The zero-order valence-corrected chi connectivity index (χ0v) is 15.2. The zero-order chi connectivity index (χ0) is 18.2. The second kappa shape index (κ2) is 8.62. The minimum absolute atomic E-state index is 0. The monoisotopic (exact) mass is 426 g/mol. The molecule has 1 N–H and O–H groups in total. The lowest BCUT2D eigenvalue weighted by molar-refractivity contribution is -0.187. The van der Waals surface area contributed by atoms with Crippen LogP contribution >= 0.6 is 24.8 Å². The van der Waals surface area contributed by atoms with E-state index in [9.17, 15) is 22.8 Å². The number of likely N-dealkylation sites (tertiary alicyclic amines) is 1. The van der Waals surface area contributed by atoms with Crippen molar-refractivity contribution in [1.82, 2.24) is 9.88 Å². The molecule has 2 heterocycles. The second-order valence-corrected chi connectivity index (χ2v) is 5.75. The number of hydrogen-bond acceptors (Lipinski definition) is 4. The summed E-state index contributed by atoms with van der Waals surface area (Å²) >= 11 is 0. The van der Waals surface area contributed by atoms with Crippen LogP contribution in [0.25, 0.3) is 11.3 Å². The molecule has 1 aliphatic heterocycles. The van der Waals surface area contributed by atoms with Crippen molar-refractivity contribution in [2.24, 2.45) is 11.8 Å². The third kappa shape index (κ3) is 4.72. The number of aromatic nitrogens is 1. The summed E-state index contributed by atoms with van der Waals surface area (Å²) in [5.41, 5.74) is 0.835. The van der Waals surface area contributed by atoms with Gasteiger partial charge in [-0.1, -0.05) is 12.1 Å². The summed E-state index contributed by atoms with van der Waals surface area (Å²) in [5.74, 6) is -5.43. The number of amides is 1. The van der Waals surface area contributed by atoms with Gasteiger partial charge in [-0.3, -0.25) is 9.59 Å². The molecule has 1 aliphatic rings. The Labute approximate surface area is 164 Å². The summed E-state index contributed by atoms with van der Waals surface area (Å²) in [6, 6.07) is 6.08. The van der Waals surface area contributed by atoms with E-state index in [1.165, 1.54) is 24.7 Å². The maximum absolute atomic E-state index is 13.0. The first-order chi connectivity index (χ1) is 11.8. The fourth-order valence-electron chi connectivity index (χ4n) is 2.87. The maximum atomic E-state index is 13.0. The number of hydrogen-bond donors (Lipinski definition) is 1. The standard InChI is InChI=1S/C16H13F3N2O4.2ClH/c17-16(18,19)12-7-21(6-11(12)15(23)24)14(22)10-3-1-9(2-4-10)13-5-20-8-25-13;;/h1-5,8,11-12H,6-7H2,(H,23,24);2*1H/t11-,12-;;/m1../s1. The largest absolute Gasteiger partial charge is 0.481 e. The molecule has 2 aromatic rings. The number of halogens is 5. The predicted molar refractivity (Wildman–Crippen MR) is 93.0 cm³/mol. The van der Waals surface area contributed by atoms with Crippen molar-refractivity contribution < 1.29 is 32.3 Å². The van der Waals surface area contributed by atoms with Crippen LogP contribution in [0.3, 0.4) is 0 Å². The van der Waals surface area contributed by atoms with Crippen LogP contribution in [-0.4, -0.2) is 46.1 Å². The van der Waals surface area contributed by atoms with Gasteiger partial charge in [0.15, 0.2) is 12.2 Å². The van der Waals surface area contributed by atoms with E-state index in [-0.39, 0.29) is 30.4 Å². The predicted octanol–water partition coefficient (Wildman–Crippen LogP) is 3.52. The molecule has 0 bridgehead atoms. The quantitative estimate of drug-likeness (QED) is 0.811. The number of rotatable bonds is 3. The van der Waals surface area contributed by atoms with Crippen LogP contribution in [-0.2, 0) is 4.79 Å². The van der Waals surface area contributed by atoms with E-state index in [4.69, 9.17) is 9.52 Å². The van der Waals surface area contributed by atoms with E-state index in [0.29, 0.717) is 11.3 Å². The van der Waals surface area contributed by atoms with Gasteiger partial charge < -0.3 is 14.4 Å². The van der Waals surface area contributed by atoms with E-state index in [0.717, 1.165) is 4.90 Å². The maximum Gasteiger partial charge on any atom is 0.394 e. The summed E-state index contributed by atoms with van der Waals surface area (Å²) in [6.07, 6.45) is -1.93. The van der Waals surface area contributed by atoms with Crippen molar-refractivity contribution in [2.45, 2.75) is 6.18 Å². The Morgan fingerprint density at radius 3 is 2.22 bits per heavy atom. The molecule has 6 nitrogen and oxygen atoms in total. The van der Waals surface area contributed by atoms with Gasteiger partial charge in [0.05, 0.1) is 18.0 Å². The van der Waals surface area contributed by atoms with Crippen molar-refractivity contribution in [3.63, 3.8) is 0 Å². The number of aliphatic carboxylic acids is 1. The minimum atomic E-state index is -4.67. The van der Waals surface area contributed by atoms with Gasteiger partial charge in [-0.15, -0.1) is 24.8 Å². The van der Waals surface area contributed by atoms with Crippen molar-refractivity contribution in [1.29, 1.82) is 0 Å². The fraction of sp³-hybridized carbons (Fsp3) is 0.312. The first-order valence-corrected chi connectivity index (χ1v) is 7.35. The van der Waals surface area contributed by atoms with Crippen LogP contribution in [0.4, 0.5) is 13.2 Å². The van der Waals surface area contributed by atoms with Crippen LogP contribution in [0.1, 0.15) is 10.4 Å². The molecule has 3 rings (SSSR count). The highest BCUT2D eigenvalue weighted by atomic mass is 35.5. The van der Waals surface area contributed by atoms with E-state index >= 15 is 0 Å². The van der Waals surface area contributed by atoms with Gasteiger partial charge in [0, 0.05) is 24.2 Å². The number of benzene rings is 1. The fourth-order valence-corrected chi connectivity index (χ4v) is 2.87. The van der Waals surface area contributed by atoms with Crippen LogP contribution in [0.5, 0.6) is 0 Å². The number of oxazole rings is 1. The van der Waals surface area contributed by atoms with Crippen LogP contribution in [0.2, 0.25) is 0 Å². The summed E-state index contributed by atoms with van der Waals surface area (Å²) in [7, 11) is 0. The van der Waals surface area contributed by atoms with Crippen molar-refractivity contribution >= 4 is 36.7 Å². The average molecular weight is 427 g/mol. The number of carboxylic acid groups (broad SMARTS) is 1. The van der Waals surface area contributed by atoms with Gasteiger partial charge in [0.2, 0.25) is 0 Å². The molecule has 0 spiro atoms. The molecular formula is C16H15Cl2F3N2O4.